The second-order valence-corrected chi connectivity index (χ2v) is 14.9. The number of hydrogen-bond acceptors (Lipinski definition) is 17. The van der Waals surface area contributed by atoms with Crippen molar-refractivity contribution in [2.45, 2.75) is 118 Å². The van der Waals surface area contributed by atoms with Crippen LogP contribution in [0.4, 0.5) is 0 Å². The van der Waals surface area contributed by atoms with Crippen LogP contribution in [0, 0.1) is 0 Å². The van der Waals surface area contributed by atoms with Gasteiger partial charge in [-0.3, -0.25) is 28.8 Å². The number of carbonyl (C=O) groups is 6. The summed E-state index contributed by atoms with van der Waals surface area (Å²) in [5, 5.41) is 95.8. The Morgan fingerprint density at radius 1 is 0.759 bits per heavy atom. The quantitative estimate of drug-likeness (QED) is 0.116. The van der Waals surface area contributed by atoms with E-state index in [1.54, 1.807) is 0 Å². The number of hydrogen-bond donors (Lipinski definition) is 15. The van der Waals surface area contributed by atoms with Gasteiger partial charge in [0.2, 0.25) is 35.4 Å². The number of aliphatic hydroxyl groups is 7. The van der Waals surface area contributed by atoms with Gasteiger partial charge < -0.3 is 89.1 Å². The minimum absolute atomic E-state index is 0.0480. The van der Waals surface area contributed by atoms with E-state index >= 15 is 0 Å². The Morgan fingerprint density at radius 2 is 1.36 bits per heavy atom. The normalized spacial score (nSPS) is 33.1. The zero-order valence-electron chi connectivity index (χ0n) is 31.7. The van der Waals surface area contributed by atoms with Crippen LogP contribution in [-0.4, -0.2) is 191 Å². The fourth-order valence-electron chi connectivity index (χ4n) is 7.27. The molecule has 58 heavy (non-hydrogen) atoms. The van der Waals surface area contributed by atoms with Crippen molar-refractivity contribution in [3.63, 3.8) is 0 Å². The summed E-state index contributed by atoms with van der Waals surface area (Å²) in [6, 6.07) is -7.36. The highest BCUT2D eigenvalue weighted by molar-refractivity contribution is 5.98. The van der Waals surface area contributed by atoms with Gasteiger partial charge >= 0.3 is 0 Å². The minimum Gasteiger partial charge on any atom is -0.508 e. The van der Waals surface area contributed by atoms with Crippen molar-refractivity contribution in [3.8, 4) is 5.75 Å². The molecule has 0 spiro atoms. The highest BCUT2D eigenvalue weighted by Gasteiger charge is 2.48. The Morgan fingerprint density at radius 3 is 1.97 bits per heavy atom. The van der Waals surface area contributed by atoms with E-state index in [0.717, 1.165) is 16.7 Å². The lowest BCUT2D eigenvalue weighted by Crippen LogP contribution is -2.64. The molecule has 3 aliphatic rings. The molecule has 3 saturated heterocycles. The molecule has 23 heteroatoms. The third-order valence-corrected chi connectivity index (χ3v) is 10.6. The highest BCUT2D eigenvalue weighted by Crippen LogP contribution is 2.26. The standard InChI is InChI=1S/C35H55N9O14/c1-14(45)24-34(57)44-13-17(47)10-20(44)31(54)42-26(29(52)28(51)15-2-4-16(46)5-3-15)32(55)41-25(21(48)6-8-36)35(58)43-9-7-22(49)27(43)33(56)39-19(12-37)23(50)11-18(38)30(53)40-24/h2-5,14,17-29,45-52H,6-13,36-38H2,1H3,(H,39,56)(H,40,53)(H,41,55)(H,42,54)/t14-,17-,18+,19-,20+,21-,22+,23-,24+,25+,26+,27+,28+,29+/m1/s1. The predicted octanol–water partition coefficient (Wildman–Crippen LogP) is -8.21. The Bertz CT molecular complexity index is 1640. The van der Waals surface area contributed by atoms with Gasteiger partial charge in [-0.2, -0.15) is 0 Å². The summed E-state index contributed by atoms with van der Waals surface area (Å²) >= 11 is 0. The van der Waals surface area contributed by atoms with Gasteiger partial charge in [-0.1, -0.05) is 12.1 Å². The lowest BCUT2D eigenvalue weighted by atomic mass is 9.96. The number of amides is 6. The molecule has 3 fully saturated rings. The number of nitrogens with zero attached hydrogens (tertiary/aromatic N) is 2. The number of rotatable bonds is 8. The van der Waals surface area contributed by atoms with Crippen LogP contribution in [0.5, 0.6) is 5.75 Å². The fourth-order valence-corrected chi connectivity index (χ4v) is 7.27. The van der Waals surface area contributed by atoms with E-state index in [1.807, 2.05) is 0 Å². The molecule has 6 amide bonds. The second-order valence-electron chi connectivity index (χ2n) is 14.9. The van der Waals surface area contributed by atoms with Crippen LogP contribution in [0.15, 0.2) is 24.3 Å². The second kappa shape index (κ2) is 19.9. The van der Waals surface area contributed by atoms with Crippen molar-refractivity contribution in [2.75, 3.05) is 26.2 Å². The Balaban J connectivity index is 1.83. The topological polar surface area (TPSA) is 397 Å². The molecule has 1 aromatic rings. The summed E-state index contributed by atoms with van der Waals surface area (Å²) in [6.45, 7) is -0.280. The Hall–Kier alpha value is -4.56. The number of carbonyl (C=O) groups excluding carboxylic acids is 6. The summed E-state index contributed by atoms with van der Waals surface area (Å²) in [7, 11) is 0. The number of nitrogens with one attached hydrogen (secondary N) is 4. The predicted molar refractivity (Wildman–Crippen MR) is 198 cm³/mol. The first-order chi connectivity index (χ1) is 27.3. The number of aliphatic hydroxyl groups excluding tert-OH is 7. The van der Waals surface area contributed by atoms with Crippen molar-refractivity contribution in [1.29, 1.82) is 0 Å². The summed E-state index contributed by atoms with van der Waals surface area (Å²) in [4.78, 5) is 84.9. The molecule has 3 aliphatic heterocycles. The molecule has 0 radical (unpaired) electrons. The van der Waals surface area contributed by atoms with Crippen LogP contribution in [0.1, 0.15) is 44.3 Å². The summed E-state index contributed by atoms with van der Waals surface area (Å²) in [5.74, 6) is -7.02. The van der Waals surface area contributed by atoms with E-state index in [-0.39, 0.29) is 37.2 Å². The molecule has 0 aliphatic carbocycles. The first kappa shape index (κ1) is 46.1. The van der Waals surface area contributed by atoms with Gasteiger partial charge in [0.25, 0.3) is 0 Å². The van der Waals surface area contributed by atoms with Crippen molar-refractivity contribution >= 4 is 35.4 Å². The first-order valence-electron chi connectivity index (χ1n) is 18.8. The highest BCUT2D eigenvalue weighted by atomic mass is 16.3. The Labute approximate surface area is 332 Å². The summed E-state index contributed by atoms with van der Waals surface area (Å²) in [5.41, 5.74) is 17.5. The number of phenolic OH excluding ortho intramolecular Hbond substituents is 1. The lowest BCUT2D eigenvalue weighted by molar-refractivity contribution is -0.148. The maximum absolute atomic E-state index is 14.2. The van der Waals surface area contributed by atoms with E-state index in [9.17, 15) is 69.6 Å². The molecule has 324 valence electrons. The van der Waals surface area contributed by atoms with Crippen LogP contribution < -0.4 is 38.5 Å². The van der Waals surface area contributed by atoms with Gasteiger partial charge in [0.1, 0.15) is 48.2 Å². The van der Waals surface area contributed by atoms with Crippen LogP contribution >= 0.6 is 0 Å². The molecule has 14 atom stereocenters. The lowest BCUT2D eigenvalue weighted by Gasteiger charge is -2.35. The molecule has 0 bridgehead atoms. The third kappa shape index (κ3) is 10.5. The molecule has 4 rings (SSSR count). The van der Waals surface area contributed by atoms with E-state index in [1.165, 1.54) is 24.3 Å². The molecule has 18 N–H and O–H groups in total. The van der Waals surface area contributed by atoms with Gasteiger partial charge in [-0.15, -0.1) is 0 Å². The van der Waals surface area contributed by atoms with Crippen LogP contribution in [0.2, 0.25) is 0 Å². The molecule has 0 unspecified atom stereocenters. The molecule has 0 saturated carbocycles. The van der Waals surface area contributed by atoms with E-state index in [0.29, 0.717) is 0 Å². The minimum atomic E-state index is -2.24. The van der Waals surface area contributed by atoms with Crippen molar-refractivity contribution in [2.24, 2.45) is 17.2 Å². The molecule has 1 aromatic carbocycles. The van der Waals surface area contributed by atoms with Gasteiger partial charge in [0, 0.05) is 26.1 Å². The SMILES string of the molecule is C[C@@H](O)[C@@H]1NC(=O)[C@@H](N)C[C@@H](O)[C@@H](CN)NC(=O)[C@@H]2[C@@H](O)CCN2C(=O)[C@H]([C@H](O)CCN)NC(=O)[C@H]([C@H](O)[C@@H](O)c2ccc(O)cc2)NC(=O)[C@@H]2C[C@@H](O)CN2C1=O. The zero-order valence-corrected chi connectivity index (χ0v) is 31.7. The maximum Gasteiger partial charge on any atom is 0.248 e. The van der Waals surface area contributed by atoms with Crippen molar-refractivity contribution < 1.29 is 69.6 Å². The van der Waals surface area contributed by atoms with Gasteiger partial charge in [0.15, 0.2) is 0 Å². The first-order valence-corrected chi connectivity index (χ1v) is 18.8. The molecule has 23 nitrogen and oxygen atoms in total. The van der Waals surface area contributed by atoms with Crippen LogP contribution in [0.25, 0.3) is 0 Å². The fraction of sp³-hybridized carbons (Fsp3) is 0.657. The molecular weight excluding hydrogens is 770 g/mol. The average Bonchev–Trinajstić information content (AvgIpc) is 3.77. The van der Waals surface area contributed by atoms with Crippen LogP contribution in [0.3, 0.4) is 0 Å². The number of fused-ring (bicyclic) bond motifs is 2. The molecular formula is C35H55N9O14. The van der Waals surface area contributed by atoms with Gasteiger partial charge in [-0.05, 0) is 50.4 Å². The number of phenols is 1. The summed E-state index contributed by atoms with van der Waals surface area (Å²) in [6.07, 6.45) is -13.5. The van der Waals surface area contributed by atoms with Gasteiger partial charge in [0.05, 0.1) is 42.6 Å². The molecule has 0 aromatic heterocycles. The van der Waals surface area contributed by atoms with Crippen molar-refractivity contribution in [1.82, 2.24) is 31.1 Å². The monoisotopic (exact) mass is 825 g/mol. The Kier molecular flexibility index (Phi) is 15.9. The van der Waals surface area contributed by atoms with Crippen LogP contribution in [-0.2, 0) is 28.8 Å². The number of nitrogens with two attached hydrogens (primary N) is 3. The average molecular weight is 826 g/mol. The van der Waals surface area contributed by atoms with Gasteiger partial charge in [-0.25, -0.2) is 0 Å². The smallest absolute Gasteiger partial charge is 0.248 e. The van der Waals surface area contributed by atoms with E-state index in [2.05, 4.69) is 21.3 Å². The zero-order chi connectivity index (χ0) is 43.2. The van der Waals surface area contributed by atoms with E-state index < -0.39 is 146 Å². The third-order valence-electron chi connectivity index (χ3n) is 10.6. The van der Waals surface area contributed by atoms with E-state index in [4.69, 9.17) is 17.2 Å². The number of aromatic hydroxyl groups is 1. The number of benzene rings is 1. The maximum atomic E-state index is 14.2. The molecule has 3 heterocycles. The van der Waals surface area contributed by atoms with Crippen molar-refractivity contribution in [3.05, 3.63) is 29.8 Å². The largest absolute Gasteiger partial charge is 0.508 e. The summed E-state index contributed by atoms with van der Waals surface area (Å²) < 4.78 is 0.